The summed E-state index contributed by atoms with van der Waals surface area (Å²) >= 11 is 0. The van der Waals surface area contributed by atoms with Crippen LogP contribution in [-0.4, -0.2) is 36.8 Å². The number of carbonyl (C=O) groups excluding carboxylic acids is 3. The number of primary amides is 1. The minimum Gasteiger partial charge on any atom is -0.366 e. The molecule has 0 radical (unpaired) electrons. The summed E-state index contributed by atoms with van der Waals surface area (Å²) < 4.78 is 42.8. The zero-order valence-corrected chi connectivity index (χ0v) is 17.7. The number of hydrogen-bond acceptors (Lipinski definition) is 6. The number of halogens is 3. The topological polar surface area (TPSA) is 126 Å². The second-order valence-corrected chi connectivity index (χ2v) is 6.87. The lowest BCUT2D eigenvalue weighted by Gasteiger charge is -2.12. The number of hydrogen-bond donors (Lipinski definition) is 1. The predicted octanol–water partition coefficient (Wildman–Crippen LogP) is 3.22. The van der Waals surface area contributed by atoms with E-state index in [4.69, 9.17) is 15.3 Å². The molecule has 34 heavy (non-hydrogen) atoms. The number of nitrogens with two attached hydrogens (primary N) is 1. The molecule has 2 N–H and O–H groups in total. The molecule has 4 rings (SSSR count). The fourth-order valence-electron chi connectivity index (χ4n) is 3.24. The molecule has 0 saturated carbocycles. The van der Waals surface area contributed by atoms with Crippen LogP contribution in [0, 0.1) is 0 Å². The fraction of sp³-hybridized carbons (Fsp3) is 0.136. The molecule has 174 valence electrons. The Bertz CT molecular complexity index is 1340. The van der Waals surface area contributed by atoms with Gasteiger partial charge in [-0.25, -0.2) is 9.36 Å². The van der Waals surface area contributed by atoms with Gasteiger partial charge in [-0.1, -0.05) is 24.3 Å². The lowest BCUT2D eigenvalue weighted by atomic mass is 10.1. The van der Waals surface area contributed by atoms with E-state index in [0.717, 1.165) is 4.68 Å². The van der Waals surface area contributed by atoms with Crippen LogP contribution in [0.25, 0.3) is 22.6 Å². The lowest BCUT2D eigenvalue weighted by molar-refractivity contribution is -0.191. The Hall–Kier alpha value is -4.57. The number of alkyl halides is 3. The van der Waals surface area contributed by atoms with E-state index in [2.05, 4.69) is 15.4 Å². The molecule has 0 aliphatic heterocycles. The first-order valence-electron chi connectivity index (χ1n) is 9.76. The van der Waals surface area contributed by atoms with E-state index in [1.807, 2.05) is 0 Å². The second-order valence-electron chi connectivity index (χ2n) is 6.87. The van der Waals surface area contributed by atoms with Gasteiger partial charge in [-0.2, -0.15) is 27.9 Å². The third kappa shape index (κ3) is 5.08. The van der Waals surface area contributed by atoms with Gasteiger partial charge in [0.05, 0.1) is 23.8 Å². The normalized spacial score (nSPS) is 10.8. The molecular formula is C22H17F3N6O3. The highest BCUT2D eigenvalue weighted by atomic mass is 19.4. The molecule has 2 aromatic carbocycles. The highest BCUT2D eigenvalue weighted by Crippen LogP contribution is 2.34. The molecule has 0 atom stereocenters. The SMILES string of the molecule is CCc1cnn(-c2ccc(-n3cc(-c4cccc(C(N)=O)c4)nn3)cc2)c1C(F)(F)F.O=C=O. The minimum atomic E-state index is -4.51. The number of nitrogens with zero attached hydrogens (tertiary/aromatic N) is 5. The maximum absolute atomic E-state index is 13.5. The first-order chi connectivity index (χ1) is 16.2. The lowest BCUT2D eigenvalue weighted by Crippen LogP contribution is -2.15. The van der Waals surface area contributed by atoms with Crippen LogP contribution < -0.4 is 5.73 Å². The van der Waals surface area contributed by atoms with Crippen LogP contribution in [0.15, 0.2) is 60.9 Å². The van der Waals surface area contributed by atoms with E-state index in [9.17, 15) is 18.0 Å². The number of benzene rings is 2. The van der Waals surface area contributed by atoms with Crippen molar-refractivity contribution >= 4 is 12.1 Å². The molecule has 0 saturated heterocycles. The van der Waals surface area contributed by atoms with Crippen molar-refractivity contribution in [2.75, 3.05) is 0 Å². The number of rotatable bonds is 5. The molecule has 0 aliphatic rings. The minimum absolute atomic E-state index is 0.135. The summed E-state index contributed by atoms with van der Waals surface area (Å²) in [5.74, 6) is -0.548. The molecule has 2 heterocycles. The Morgan fingerprint density at radius 3 is 2.32 bits per heavy atom. The zero-order chi connectivity index (χ0) is 24.9. The number of aryl methyl sites for hydroxylation is 1. The molecular weight excluding hydrogens is 453 g/mol. The molecule has 0 fully saturated rings. The maximum atomic E-state index is 13.5. The predicted molar refractivity (Wildman–Crippen MR) is 112 cm³/mol. The first kappa shape index (κ1) is 24.1. The Balaban J connectivity index is 0.00000103. The van der Waals surface area contributed by atoms with E-state index in [1.165, 1.54) is 23.0 Å². The molecule has 12 heteroatoms. The maximum Gasteiger partial charge on any atom is 0.433 e. The average molecular weight is 470 g/mol. The van der Waals surface area contributed by atoms with Crippen molar-refractivity contribution in [1.82, 2.24) is 24.8 Å². The van der Waals surface area contributed by atoms with Gasteiger partial charge >= 0.3 is 12.3 Å². The summed E-state index contributed by atoms with van der Waals surface area (Å²) in [5.41, 5.74) is 7.08. The molecule has 9 nitrogen and oxygen atoms in total. The van der Waals surface area contributed by atoms with Crippen molar-refractivity contribution in [2.24, 2.45) is 5.73 Å². The Kier molecular flexibility index (Phi) is 7.03. The molecule has 0 unspecified atom stereocenters. The van der Waals surface area contributed by atoms with Crippen LogP contribution >= 0.6 is 0 Å². The van der Waals surface area contributed by atoms with Crippen molar-refractivity contribution in [1.29, 1.82) is 0 Å². The van der Waals surface area contributed by atoms with Gasteiger partial charge in [-0.3, -0.25) is 4.79 Å². The van der Waals surface area contributed by atoms with Gasteiger partial charge in [0, 0.05) is 16.7 Å². The Morgan fingerprint density at radius 1 is 1.09 bits per heavy atom. The van der Waals surface area contributed by atoms with Crippen molar-refractivity contribution in [3.8, 4) is 22.6 Å². The van der Waals surface area contributed by atoms with E-state index in [-0.39, 0.29) is 23.8 Å². The quantitative estimate of drug-likeness (QED) is 0.477. The van der Waals surface area contributed by atoms with Crippen LogP contribution in [0.5, 0.6) is 0 Å². The van der Waals surface area contributed by atoms with Crippen LogP contribution in [0.3, 0.4) is 0 Å². The van der Waals surface area contributed by atoms with Crippen LogP contribution in [0.2, 0.25) is 0 Å². The molecule has 0 bridgehead atoms. The van der Waals surface area contributed by atoms with Gasteiger partial charge in [0.25, 0.3) is 0 Å². The molecule has 1 amide bonds. The summed E-state index contributed by atoms with van der Waals surface area (Å²) in [6, 6.07) is 13.0. The van der Waals surface area contributed by atoms with Gasteiger partial charge in [-0.15, -0.1) is 5.10 Å². The fourth-order valence-corrected chi connectivity index (χ4v) is 3.24. The Labute approximate surface area is 190 Å². The smallest absolute Gasteiger partial charge is 0.366 e. The van der Waals surface area contributed by atoms with E-state index in [0.29, 0.717) is 22.5 Å². The van der Waals surface area contributed by atoms with Crippen molar-refractivity contribution < 1.29 is 27.6 Å². The summed E-state index contributed by atoms with van der Waals surface area (Å²) in [6.45, 7) is 1.65. The van der Waals surface area contributed by atoms with E-state index in [1.54, 1.807) is 49.5 Å². The summed E-state index contributed by atoms with van der Waals surface area (Å²) in [6.07, 6.45) is -1.15. The number of amides is 1. The third-order valence-electron chi connectivity index (χ3n) is 4.79. The Morgan fingerprint density at radius 2 is 1.74 bits per heavy atom. The van der Waals surface area contributed by atoms with Crippen molar-refractivity contribution in [2.45, 2.75) is 19.5 Å². The first-order valence-corrected chi connectivity index (χ1v) is 9.76. The third-order valence-corrected chi connectivity index (χ3v) is 4.79. The zero-order valence-electron chi connectivity index (χ0n) is 17.7. The van der Waals surface area contributed by atoms with Crippen molar-refractivity contribution in [3.05, 3.63) is 77.7 Å². The molecule has 0 spiro atoms. The molecule has 4 aromatic rings. The van der Waals surface area contributed by atoms with Crippen LogP contribution in [0.4, 0.5) is 13.2 Å². The van der Waals surface area contributed by atoms with Gasteiger partial charge in [0.15, 0.2) is 5.69 Å². The van der Waals surface area contributed by atoms with E-state index < -0.39 is 17.8 Å². The molecule has 0 aliphatic carbocycles. The number of aromatic nitrogens is 5. The van der Waals surface area contributed by atoms with Gasteiger partial charge < -0.3 is 5.73 Å². The monoisotopic (exact) mass is 470 g/mol. The van der Waals surface area contributed by atoms with Gasteiger partial charge in [0.2, 0.25) is 5.91 Å². The largest absolute Gasteiger partial charge is 0.433 e. The average Bonchev–Trinajstić information content (AvgIpc) is 3.47. The molecule has 2 aromatic heterocycles. The number of carbonyl (C=O) groups is 1. The van der Waals surface area contributed by atoms with Crippen LogP contribution in [0.1, 0.15) is 28.5 Å². The van der Waals surface area contributed by atoms with Crippen molar-refractivity contribution in [3.63, 3.8) is 0 Å². The van der Waals surface area contributed by atoms with Crippen LogP contribution in [-0.2, 0) is 22.2 Å². The second kappa shape index (κ2) is 9.92. The summed E-state index contributed by atoms with van der Waals surface area (Å²) in [4.78, 5) is 27.6. The van der Waals surface area contributed by atoms with Gasteiger partial charge in [-0.05, 0) is 42.8 Å². The van der Waals surface area contributed by atoms with Gasteiger partial charge in [0.1, 0.15) is 5.69 Å². The van der Waals surface area contributed by atoms with E-state index >= 15 is 0 Å². The summed E-state index contributed by atoms with van der Waals surface area (Å²) in [7, 11) is 0. The summed E-state index contributed by atoms with van der Waals surface area (Å²) in [5, 5.41) is 12.1. The highest BCUT2D eigenvalue weighted by molar-refractivity contribution is 5.93. The highest BCUT2D eigenvalue weighted by Gasteiger charge is 2.38. The standard InChI is InChI=1S/C21H17F3N6O.CO2/c1-2-13-11-26-30(19(13)21(22,23)24)17-8-6-16(7-9-17)29-12-18(27-28-29)14-4-3-5-15(10-14)20(25)31;2-1-3/h3-12H,2H2,1H3,(H2,25,31);.